The molecule has 1 aromatic carbocycles. The summed E-state index contributed by atoms with van der Waals surface area (Å²) in [5.41, 5.74) is 1.76. The van der Waals surface area contributed by atoms with Gasteiger partial charge in [0.1, 0.15) is 0 Å². The van der Waals surface area contributed by atoms with E-state index < -0.39 is 10.0 Å². The van der Waals surface area contributed by atoms with E-state index in [0.717, 1.165) is 10.7 Å². The smallest absolute Gasteiger partial charge is 0.240 e. The lowest BCUT2D eigenvalue weighted by atomic mass is 10.4. The third-order valence-corrected chi connectivity index (χ3v) is 5.63. The van der Waals surface area contributed by atoms with Crippen molar-refractivity contribution in [2.75, 3.05) is 0 Å². The lowest BCUT2D eigenvalue weighted by Crippen LogP contribution is -2.23. The number of rotatable bonds is 4. The highest BCUT2D eigenvalue weighted by Crippen LogP contribution is 2.17. The van der Waals surface area contributed by atoms with E-state index >= 15 is 0 Å². The highest BCUT2D eigenvalue weighted by atomic mass is 35.5. The second-order valence-electron chi connectivity index (χ2n) is 4.54. The van der Waals surface area contributed by atoms with Gasteiger partial charge in [-0.2, -0.15) is 0 Å². The maximum atomic E-state index is 12.2. The molecular weight excluding hydrogens is 330 g/mol. The Labute approximate surface area is 131 Å². The van der Waals surface area contributed by atoms with Crippen molar-refractivity contribution in [1.82, 2.24) is 14.1 Å². The van der Waals surface area contributed by atoms with Gasteiger partial charge < -0.3 is 0 Å². The minimum atomic E-state index is -3.56. The maximum absolute atomic E-state index is 12.2. The predicted octanol–water partition coefficient (Wildman–Crippen LogP) is 2.84. The van der Waals surface area contributed by atoms with E-state index in [2.05, 4.69) is 9.71 Å². The largest absolute Gasteiger partial charge is 0.295 e. The van der Waals surface area contributed by atoms with E-state index in [1.165, 1.54) is 23.5 Å². The van der Waals surface area contributed by atoms with Crippen molar-refractivity contribution >= 4 is 37.9 Å². The average molecular weight is 342 g/mol. The van der Waals surface area contributed by atoms with Crippen molar-refractivity contribution < 1.29 is 8.42 Å². The third kappa shape index (κ3) is 2.96. The van der Waals surface area contributed by atoms with Crippen molar-refractivity contribution in [3.63, 3.8) is 0 Å². The quantitative estimate of drug-likeness (QED) is 0.793. The van der Waals surface area contributed by atoms with Crippen LogP contribution in [0.5, 0.6) is 0 Å². The first kappa shape index (κ1) is 14.5. The molecule has 8 heteroatoms. The number of aryl methyl sites for hydroxylation is 1. The monoisotopic (exact) mass is 341 g/mol. The van der Waals surface area contributed by atoms with Crippen LogP contribution in [0.1, 0.15) is 11.4 Å². The van der Waals surface area contributed by atoms with E-state index in [1.807, 2.05) is 22.9 Å². The van der Waals surface area contributed by atoms with E-state index in [-0.39, 0.29) is 11.4 Å². The first-order valence-corrected chi connectivity index (χ1v) is 8.87. The first-order chi connectivity index (χ1) is 9.95. The number of benzene rings is 1. The van der Waals surface area contributed by atoms with E-state index in [9.17, 15) is 8.42 Å². The lowest BCUT2D eigenvalue weighted by molar-refractivity contribution is 0.580. The standard InChI is InChI=1S/C13H12ClN3O2S2/c1-9-8-20-13-16-11(7-17(9)13)6-15-21(18,19)12-4-2-10(14)3-5-12/h2-5,7-8,15H,6H2,1H3. The van der Waals surface area contributed by atoms with Gasteiger partial charge in [-0.15, -0.1) is 11.3 Å². The fourth-order valence-corrected chi connectivity index (χ4v) is 3.89. The molecule has 0 aliphatic heterocycles. The number of sulfonamides is 1. The van der Waals surface area contributed by atoms with Gasteiger partial charge in [0.15, 0.2) is 4.96 Å². The summed E-state index contributed by atoms with van der Waals surface area (Å²) in [5.74, 6) is 0. The topological polar surface area (TPSA) is 63.5 Å². The van der Waals surface area contributed by atoms with Crippen LogP contribution in [0.3, 0.4) is 0 Å². The van der Waals surface area contributed by atoms with Gasteiger partial charge in [-0.05, 0) is 31.2 Å². The van der Waals surface area contributed by atoms with Gasteiger partial charge in [0.25, 0.3) is 0 Å². The van der Waals surface area contributed by atoms with Gasteiger partial charge in [0, 0.05) is 22.3 Å². The number of halogens is 1. The Morgan fingerprint density at radius 3 is 2.71 bits per heavy atom. The molecule has 3 aromatic rings. The maximum Gasteiger partial charge on any atom is 0.240 e. The summed E-state index contributed by atoms with van der Waals surface area (Å²) in [7, 11) is -3.56. The number of aromatic nitrogens is 2. The summed E-state index contributed by atoms with van der Waals surface area (Å²) in [5, 5.41) is 2.50. The van der Waals surface area contributed by atoms with Crippen LogP contribution in [-0.2, 0) is 16.6 Å². The van der Waals surface area contributed by atoms with E-state index in [1.54, 1.807) is 12.1 Å². The van der Waals surface area contributed by atoms with Crippen molar-refractivity contribution in [1.29, 1.82) is 0 Å². The number of imidazole rings is 1. The molecule has 2 heterocycles. The minimum Gasteiger partial charge on any atom is -0.295 e. The summed E-state index contributed by atoms with van der Waals surface area (Å²) in [6.07, 6.45) is 1.84. The highest BCUT2D eigenvalue weighted by molar-refractivity contribution is 7.89. The normalized spacial score (nSPS) is 12.1. The second-order valence-corrected chi connectivity index (χ2v) is 7.58. The molecule has 0 unspecified atom stereocenters. The number of nitrogens with zero attached hydrogens (tertiary/aromatic N) is 2. The van der Waals surface area contributed by atoms with E-state index in [0.29, 0.717) is 10.7 Å². The molecule has 0 aliphatic carbocycles. The molecule has 1 N–H and O–H groups in total. The van der Waals surface area contributed by atoms with Gasteiger partial charge in [0.05, 0.1) is 17.1 Å². The van der Waals surface area contributed by atoms with Crippen molar-refractivity contribution in [3.05, 3.63) is 52.3 Å². The van der Waals surface area contributed by atoms with Gasteiger partial charge >= 0.3 is 0 Å². The van der Waals surface area contributed by atoms with Crippen molar-refractivity contribution in [2.45, 2.75) is 18.4 Å². The molecule has 3 rings (SSSR count). The molecule has 0 fully saturated rings. The molecule has 0 aliphatic rings. The third-order valence-electron chi connectivity index (χ3n) is 3.01. The Morgan fingerprint density at radius 1 is 1.33 bits per heavy atom. The second kappa shape index (κ2) is 5.42. The molecular formula is C13H12ClN3O2S2. The van der Waals surface area contributed by atoms with Gasteiger partial charge in [0.2, 0.25) is 10.0 Å². The first-order valence-electron chi connectivity index (χ1n) is 6.13. The van der Waals surface area contributed by atoms with Crippen LogP contribution in [0.15, 0.2) is 40.7 Å². The van der Waals surface area contributed by atoms with Crippen LogP contribution >= 0.6 is 22.9 Å². The zero-order valence-electron chi connectivity index (χ0n) is 11.1. The summed E-state index contributed by atoms with van der Waals surface area (Å²) in [4.78, 5) is 5.42. The highest BCUT2D eigenvalue weighted by Gasteiger charge is 2.14. The molecule has 0 saturated carbocycles. The molecule has 0 atom stereocenters. The fraction of sp³-hybridized carbons (Fsp3) is 0.154. The number of fused-ring (bicyclic) bond motifs is 1. The van der Waals surface area contributed by atoms with Crippen LogP contribution in [-0.4, -0.2) is 17.8 Å². The summed E-state index contributed by atoms with van der Waals surface area (Å²) in [6.45, 7) is 2.13. The Hall–Kier alpha value is -1.41. The molecule has 21 heavy (non-hydrogen) atoms. The number of hydrogen-bond acceptors (Lipinski definition) is 4. The molecule has 110 valence electrons. The zero-order valence-corrected chi connectivity index (χ0v) is 13.5. The number of thiazole rings is 1. The Kier molecular flexibility index (Phi) is 3.75. The Morgan fingerprint density at radius 2 is 2.05 bits per heavy atom. The summed E-state index contributed by atoms with van der Waals surface area (Å²) in [6, 6.07) is 6.04. The molecule has 0 amide bonds. The predicted molar refractivity (Wildman–Crippen MR) is 83.3 cm³/mol. The lowest BCUT2D eigenvalue weighted by Gasteiger charge is -2.05. The molecule has 5 nitrogen and oxygen atoms in total. The van der Waals surface area contributed by atoms with Crippen molar-refractivity contribution in [2.24, 2.45) is 0 Å². The van der Waals surface area contributed by atoms with Gasteiger partial charge in [-0.25, -0.2) is 18.1 Å². The van der Waals surface area contributed by atoms with Gasteiger partial charge in [-0.3, -0.25) is 4.40 Å². The number of hydrogen-bond donors (Lipinski definition) is 1. The average Bonchev–Trinajstić information content (AvgIpc) is 3.00. The van der Waals surface area contributed by atoms with E-state index in [4.69, 9.17) is 11.6 Å². The van der Waals surface area contributed by atoms with Crippen LogP contribution in [0.25, 0.3) is 4.96 Å². The van der Waals surface area contributed by atoms with Crippen LogP contribution in [0.4, 0.5) is 0 Å². The molecule has 0 bridgehead atoms. The van der Waals surface area contributed by atoms with Crippen LogP contribution in [0.2, 0.25) is 5.02 Å². The van der Waals surface area contributed by atoms with Crippen LogP contribution < -0.4 is 4.72 Å². The zero-order chi connectivity index (χ0) is 15.0. The molecule has 2 aromatic heterocycles. The Bertz CT molecular complexity index is 882. The molecule has 0 spiro atoms. The minimum absolute atomic E-state index is 0.152. The molecule has 0 radical (unpaired) electrons. The van der Waals surface area contributed by atoms with Crippen LogP contribution in [0, 0.1) is 6.92 Å². The number of nitrogens with one attached hydrogen (secondary N) is 1. The van der Waals surface area contributed by atoms with Crippen molar-refractivity contribution in [3.8, 4) is 0 Å². The fourth-order valence-electron chi connectivity index (χ4n) is 1.89. The summed E-state index contributed by atoms with van der Waals surface area (Å²) < 4.78 is 28.8. The van der Waals surface area contributed by atoms with Gasteiger partial charge in [-0.1, -0.05) is 11.6 Å². The SMILES string of the molecule is Cc1csc2nc(CNS(=O)(=O)c3ccc(Cl)cc3)cn12. The molecule has 0 saturated heterocycles. The summed E-state index contributed by atoms with van der Waals surface area (Å²) >= 11 is 7.28. The Balaban J connectivity index is 1.78.